The number of nitrogens with two attached hydrogens (primary N) is 1. The SMILES string of the molecule is Cc1ccc(C(=O)N[C@H]2C(=O)N[C@@H](C(C)C)C(=O)N3CCC[C@H]3C(=O)N(C)CC(=O)N(C)[C@@H](C(C)C)C(=O)O[C@@H]2C)c2c1Oc1c(C)c(O)c(N)c(C(=O)N[C@H]3C(=O)N[C@@H](C(C)C)C(=O)N4CCC[C@H]4C(=O)N(C)CC(=O)N(C)[C@H](C(C)C)C(=O)O[C@@H]3C)c1N2. The summed E-state index contributed by atoms with van der Waals surface area (Å²) >= 11 is 0. The number of phenolic OH excluding ortho intramolecular Hbond substituents is 1. The Labute approximate surface area is 523 Å². The van der Waals surface area contributed by atoms with Gasteiger partial charge in [-0.25, -0.2) is 9.59 Å². The minimum absolute atomic E-state index is 0.00703. The molecule has 0 unspecified atom stereocenters. The maximum atomic E-state index is 15.2. The van der Waals surface area contributed by atoms with E-state index >= 15 is 9.59 Å². The lowest BCUT2D eigenvalue weighted by Crippen LogP contribution is -2.61. The molecule has 0 aliphatic carbocycles. The van der Waals surface area contributed by atoms with Crippen molar-refractivity contribution in [3.8, 4) is 17.2 Å². The fraction of sp³-hybridized carbons (Fsp3) is 0.613. The van der Waals surface area contributed by atoms with Crippen LogP contribution in [0.2, 0.25) is 0 Å². The van der Waals surface area contributed by atoms with Crippen molar-refractivity contribution in [2.45, 2.75) is 169 Å². The molecule has 0 saturated carbocycles. The van der Waals surface area contributed by atoms with Gasteiger partial charge in [0.1, 0.15) is 66.3 Å². The van der Waals surface area contributed by atoms with Crippen LogP contribution in [0.4, 0.5) is 17.1 Å². The Morgan fingerprint density at radius 1 is 0.600 bits per heavy atom. The van der Waals surface area contributed by atoms with Gasteiger partial charge in [-0.2, -0.15) is 0 Å². The fourth-order valence-corrected chi connectivity index (χ4v) is 12.4. The maximum absolute atomic E-state index is 15.2. The second-order valence-electron chi connectivity index (χ2n) is 25.6. The first kappa shape index (κ1) is 68.8. The van der Waals surface area contributed by atoms with Crippen LogP contribution in [-0.4, -0.2) is 220 Å². The Balaban J connectivity index is 1.28. The molecule has 8 N–H and O–H groups in total. The quantitative estimate of drug-likeness (QED) is 0.0730. The number of likely N-dealkylation sites (N-methyl/N-ethyl adjacent to an activating group) is 4. The van der Waals surface area contributed by atoms with Gasteiger partial charge in [-0.3, -0.25) is 47.9 Å². The fourth-order valence-electron chi connectivity index (χ4n) is 12.4. The second kappa shape index (κ2) is 27.6. The lowest BCUT2D eigenvalue weighted by Gasteiger charge is -2.36. The summed E-state index contributed by atoms with van der Waals surface area (Å²) in [5, 5.41) is 25.5. The average molecular weight is 1260 g/mol. The van der Waals surface area contributed by atoms with Crippen LogP contribution < -0.4 is 37.1 Å². The highest BCUT2D eigenvalue weighted by Crippen LogP contribution is 2.53. The van der Waals surface area contributed by atoms with Crippen molar-refractivity contribution in [3.05, 3.63) is 34.4 Å². The maximum Gasteiger partial charge on any atom is 0.329 e. The molecule has 0 bridgehead atoms. The van der Waals surface area contributed by atoms with Gasteiger partial charge in [0.05, 0.1) is 41.3 Å². The third kappa shape index (κ3) is 13.7. The molecule has 90 heavy (non-hydrogen) atoms. The van der Waals surface area contributed by atoms with Gasteiger partial charge < -0.3 is 81.0 Å². The predicted molar refractivity (Wildman–Crippen MR) is 326 cm³/mol. The van der Waals surface area contributed by atoms with Gasteiger partial charge in [-0.1, -0.05) is 61.5 Å². The monoisotopic (exact) mass is 1260 g/mol. The van der Waals surface area contributed by atoms with Gasteiger partial charge in [0, 0.05) is 46.8 Å². The van der Waals surface area contributed by atoms with Crippen molar-refractivity contribution in [1.82, 2.24) is 50.7 Å². The molecule has 10 atom stereocenters. The van der Waals surface area contributed by atoms with Crippen molar-refractivity contribution in [1.29, 1.82) is 0 Å². The van der Waals surface area contributed by atoms with Gasteiger partial charge in [0.25, 0.3) is 11.8 Å². The molecule has 0 aromatic heterocycles. The number of fused-ring (bicyclic) bond motifs is 4. The van der Waals surface area contributed by atoms with Crippen LogP contribution >= 0.6 is 0 Å². The van der Waals surface area contributed by atoms with Gasteiger partial charge >= 0.3 is 11.9 Å². The number of hydrogen-bond donors (Lipinski definition) is 7. The predicted octanol–water partition coefficient (Wildman–Crippen LogP) is 1.67. The molecule has 2 aromatic rings. The average Bonchev–Trinajstić information content (AvgIpc) is 0.902. The van der Waals surface area contributed by atoms with E-state index in [-0.39, 0.29) is 59.9 Å². The van der Waals surface area contributed by atoms with E-state index < -0.39 is 185 Å². The Morgan fingerprint density at radius 3 is 1.43 bits per heavy atom. The molecule has 4 saturated heterocycles. The Morgan fingerprint density at radius 2 is 1.02 bits per heavy atom. The number of carbonyl (C=O) groups excluding carboxylic acids is 12. The highest BCUT2D eigenvalue weighted by Gasteiger charge is 2.47. The summed E-state index contributed by atoms with van der Waals surface area (Å²) in [7, 11) is 5.61. The first-order valence-corrected chi connectivity index (χ1v) is 30.6. The number of anilines is 3. The molecule has 5 heterocycles. The van der Waals surface area contributed by atoms with Crippen molar-refractivity contribution in [2.24, 2.45) is 23.7 Å². The van der Waals surface area contributed by atoms with Crippen LogP contribution in [0.3, 0.4) is 0 Å². The molecule has 5 aliphatic heterocycles. The second-order valence-corrected chi connectivity index (χ2v) is 25.6. The highest BCUT2D eigenvalue weighted by atomic mass is 16.6. The van der Waals surface area contributed by atoms with Gasteiger partial charge in [0.15, 0.2) is 11.5 Å². The number of amides is 10. The van der Waals surface area contributed by atoms with Crippen LogP contribution in [0.1, 0.15) is 127 Å². The van der Waals surface area contributed by atoms with Gasteiger partial charge in [-0.15, -0.1) is 0 Å². The molecule has 10 amide bonds. The molecule has 7 rings (SSSR count). The largest absolute Gasteiger partial charge is 0.505 e. The highest BCUT2D eigenvalue weighted by molar-refractivity contribution is 6.12. The summed E-state index contributed by atoms with van der Waals surface area (Å²) in [6, 6.07) is -7.70. The number of aryl methyl sites for hydroxylation is 1. The normalized spacial score (nSPS) is 26.4. The smallest absolute Gasteiger partial charge is 0.329 e. The molecule has 0 spiro atoms. The molecule has 28 heteroatoms. The number of nitrogens with one attached hydrogen (secondary N) is 5. The number of nitrogen functional groups attached to an aromatic ring is 1. The van der Waals surface area contributed by atoms with Crippen molar-refractivity contribution >= 4 is 88.1 Å². The Hall–Kier alpha value is -8.72. The third-order valence-electron chi connectivity index (χ3n) is 17.6. The van der Waals surface area contributed by atoms with E-state index in [1.165, 1.54) is 80.7 Å². The molecular weight excluding hydrogens is 1170 g/mol. The number of hydrogen-bond acceptors (Lipinski definition) is 18. The molecule has 28 nitrogen and oxygen atoms in total. The van der Waals surface area contributed by atoms with Crippen LogP contribution in [0, 0.1) is 37.5 Å². The van der Waals surface area contributed by atoms with Crippen LogP contribution in [0.15, 0.2) is 12.1 Å². The first-order chi connectivity index (χ1) is 42.1. The van der Waals surface area contributed by atoms with E-state index in [4.69, 9.17) is 19.9 Å². The number of benzene rings is 2. The standard InChI is InChI=1S/C62H88N12O16/c1-27(2)42-59(84)73-23-17-19-36(73)57(82)69(13)25-38(75)71(15)48(29(5)6)61(86)88-33(11)44(55(80)65-42)67-53(78)35-22-21-31(9)51-46(35)64-47-40(41(63)50(77)32(10)52(47)90-51)54(79)68-45-34(12)89-62(87)49(30(7)8)72(16)39(76)26-70(14)58(83)37-20-18-24-74(37)60(85)43(28(3)4)66-56(45)81/h21-22,27-30,33-34,36-37,42-45,48-49,64,77H,17-20,23-26,63H2,1-16H3,(H,65,80)(H,66,81)(H,67,78)(H,68,79)/t33-,34-,36+,37+,42+,43+,44-,45-,48+,49-/m1/s1. The molecular formula is C62H88N12O16. The summed E-state index contributed by atoms with van der Waals surface area (Å²) in [6.45, 7) is 18.6. The zero-order valence-electron chi connectivity index (χ0n) is 54.2. The molecule has 4 fully saturated rings. The number of cyclic esters (lactones) is 2. The minimum Gasteiger partial charge on any atom is -0.505 e. The van der Waals surface area contributed by atoms with Crippen LogP contribution in [0.25, 0.3) is 0 Å². The summed E-state index contributed by atoms with van der Waals surface area (Å²) in [5.74, 6) is -12.6. The number of ether oxygens (including phenoxy) is 3. The lowest BCUT2D eigenvalue weighted by atomic mass is 9.98. The van der Waals surface area contributed by atoms with Gasteiger partial charge in [-0.05, 0) is 88.7 Å². The summed E-state index contributed by atoms with van der Waals surface area (Å²) < 4.78 is 18.4. The summed E-state index contributed by atoms with van der Waals surface area (Å²) in [4.78, 5) is 181. The number of carbonyl (C=O) groups is 12. The zero-order chi connectivity index (χ0) is 67.0. The zero-order valence-corrected chi connectivity index (χ0v) is 54.2. The number of rotatable bonds is 8. The number of esters is 2. The molecule has 2 aromatic carbocycles. The van der Waals surface area contributed by atoms with E-state index in [0.29, 0.717) is 18.4 Å². The van der Waals surface area contributed by atoms with Crippen molar-refractivity contribution in [3.63, 3.8) is 0 Å². The first-order valence-electron chi connectivity index (χ1n) is 30.6. The molecule has 5 aliphatic rings. The van der Waals surface area contributed by atoms with E-state index in [1.807, 2.05) is 0 Å². The Kier molecular flexibility index (Phi) is 21.1. The van der Waals surface area contributed by atoms with E-state index in [2.05, 4.69) is 26.6 Å². The van der Waals surface area contributed by atoms with Crippen molar-refractivity contribution in [2.75, 3.05) is 65.4 Å². The van der Waals surface area contributed by atoms with E-state index in [9.17, 15) is 53.1 Å². The Bertz CT molecular complexity index is 3240. The molecule has 492 valence electrons. The summed E-state index contributed by atoms with van der Waals surface area (Å²) in [6.07, 6.45) is -1.58. The number of nitrogens with zero attached hydrogens (tertiary/aromatic N) is 6. The third-order valence-corrected chi connectivity index (χ3v) is 17.6. The van der Waals surface area contributed by atoms with Gasteiger partial charge in [0.2, 0.25) is 47.3 Å². The van der Waals surface area contributed by atoms with Crippen molar-refractivity contribution < 1.29 is 76.9 Å². The number of phenols is 1. The van der Waals surface area contributed by atoms with Crippen LogP contribution in [0.5, 0.6) is 17.2 Å². The van der Waals surface area contributed by atoms with Crippen LogP contribution in [-0.2, 0) is 57.4 Å². The molecule has 0 radical (unpaired) electrons. The minimum atomic E-state index is -1.85. The lowest BCUT2D eigenvalue weighted by molar-refractivity contribution is -0.163. The van der Waals surface area contributed by atoms with E-state index in [0.717, 1.165) is 9.80 Å². The topological polar surface area (TPSA) is 358 Å². The number of aromatic hydroxyl groups is 1. The summed E-state index contributed by atoms with van der Waals surface area (Å²) in [5.41, 5.74) is 5.45. The van der Waals surface area contributed by atoms with E-state index in [1.54, 1.807) is 62.3 Å².